The maximum absolute atomic E-state index is 10.9. The summed E-state index contributed by atoms with van der Waals surface area (Å²) in [5.74, 6) is -0.243. The number of hydrogen-bond acceptors (Lipinski definition) is 3. The third kappa shape index (κ3) is 2.46. The van der Waals surface area contributed by atoms with Gasteiger partial charge in [-0.15, -0.1) is 0 Å². The number of aliphatic carboxylic acids is 1. The van der Waals surface area contributed by atoms with Gasteiger partial charge in [-0.3, -0.25) is 4.79 Å². The number of nitrogens with two attached hydrogens (primary N) is 1. The van der Waals surface area contributed by atoms with Crippen molar-refractivity contribution in [3.63, 3.8) is 0 Å². The van der Waals surface area contributed by atoms with E-state index in [4.69, 9.17) is 15.6 Å². The van der Waals surface area contributed by atoms with Crippen LogP contribution in [-0.4, -0.2) is 28.8 Å². The Kier molecular flexibility index (Phi) is 3.82. The van der Waals surface area contributed by atoms with E-state index in [9.17, 15) is 4.79 Å². The Morgan fingerprint density at radius 3 is 2.84 bits per heavy atom. The highest BCUT2D eigenvalue weighted by Gasteiger charge is 2.19. The van der Waals surface area contributed by atoms with Crippen molar-refractivity contribution in [2.75, 3.05) is 7.11 Å². The Bertz CT molecular complexity index is 636. The van der Waals surface area contributed by atoms with Crippen LogP contribution in [0, 0.1) is 0 Å². The van der Waals surface area contributed by atoms with Crippen molar-refractivity contribution in [2.24, 2.45) is 12.8 Å². The van der Waals surface area contributed by atoms with Crippen molar-refractivity contribution in [3.05, 3.63) is 28.4 Å². The van der Waals surface area contributed by atoms with Crippen molar-refractivity contribution in [3.8, 4) is 5.75 Å². The number of aromatic nitrogens is 1. The second-order valence-corrected chi connectivity index (χ2v) is 5.11. The zero-order valence-corrected chi connectivity index (χ0v) is 12.3. The summed E-state index contributed by atoms with van der Waals surface area (Å²) in [6, 6.07) is 4.77. The molecule has 102 valence electrons. The van der Waals surface area contributed by atoms with Gasteiger partial charge in [-0.1, -0.05) is 0 Å². The molecule has 5 nitrogen and oxygen atoms in total. The predicted molar refractivity (Wildman–Crippen MR) is 76.5 cm³/mol. The molecular weight excluding hydrogens is 312 g/mol. The van der Waals surface area contributed by atoms with Gasteiger partial charge < -0.3 is 20.1 Å². The zero-order valence-electron chi connectivity index (χ0n) is 10.7. The van der Waals surface area contributed by atoms with Gasteiger partial charge in [0.1, 0.15) is 11.8 Å². The molecule has 0 bridgehead atoms. The lowest BCUT2D eigenvalue weighted by molar-refractivity contribution is -0.138. The summed E-state index contributed by atoms with van der Waals surface area (Å²) in [5, 5.41) is 9.91. The minimum absolute atomic E-state index is 0.277. The van der Waals surface area contributed by atoms with Crippen LogP contribution in [-0.2, 0) is 18.3 Å². The SMILES string of the molecule is COc1ccc2c(CC(N)C(=O)O)c(Br)n(C)c2c1. The van der Waals surface area contributed by atoms with E-state index in [1.54, 1.807) is 7.11 Å². The number of ether oxygens (including phenoxy) is 1. The molecule has 1 aromatic carbocycles. The number of nitrogens with zero attached hydrogens (tertiary/aromatic N) is 1. The van der Waals surface area contributed by atoms with Crippen LogP contribution in [0.2, 0.25) is 0 Å². The lowest BCUT2D eigenvalue weighted by Crippen LogP contribution is -2.32. The van der Waals surface area contributed by atoms with Crippen LogP contribution in [0.15, 0.2) is 22.8 Å². The molecule has 6 heteroatoms. The zero-order chi connectivity index (χ0) is 14.2. The number of halogens is 1. The van der Waals surface area contributed by atoms with E-state index in [0.717, 1.165) is 26.8 Å². The molecule has 0 saturated heterocycles. The molecule has 0 amide bonds. The molecule has 19 heavy (non-hydrogen) atoms. The monoisotopic (exact) mass is 326 g/mol. The normalized spacial score (nSPS) is 12.6. The number of carbonyl (C=O) groups is 1. The van der Waals surface area contributed by atoms with Crippen LogP contribution in [0.4, 0.5) is 0 Å². The lowest BCUT2D eigenvalue weighted by atomic mass is 10.1. The van der Waals surface area contributed by atoms with E-state index < -0.39 is 12.0 Å². The number of rotatable bonds is 4. The number of carboxylic acids is 1. The standard InChI is InChI=1S/C13H15BrN2O3/c1-16-11-5-7(19-2)3-4-8(11)9(12(16)14)6-10(15)13(17)18/h3-5,10H,6,15H2,1-2H3,(H,17,18). The Hall–Kier alpha value is -1.53. The number of benzene rings is 1. The Morgan fingerprint density at radius 2 is 2.26 bits per heavy atom. The van der Waals surface area contributed by atoms with Gasteiger partial charge in [0.2, 0.25) is 0 Å². The fourth-order valence-electron chi connectivity index (χ4n) is 2.09. The van der Waals surface area contributed by atoms with Gasteiger partial charge in [-0.25, -0.2) is 0 Å². The molecule has 1 atom stereocenters. The van der Waals surface area contributed by atoms with Crippen LogP contribution >= 0.6 is 15.9 Å². The van der Waals surface area contributed by atoms with Crippen molar-refractivity contribution in [1.82, 2.24) is 4.57 Å². The molecule has 0 aliphatic heterocycles. The molecule has 0 fully saturated rings. The Balaban J connectivity index is 2.55. The first-order chi connectivity index (χ1) is 8.95. The first-order valence-electron chi connectivity index (χ1n) is 5.75. The summed E-state index contributed by atoms with van der Waals surface area (Å²) in [6.45, 7) is 0. The summed E-state index contributed by atoms with van der Waals surface area (Å²) in [7, 11) is 3.52. The summed E-state index contributed by atoms with van der Waals surface area (Å²) >= 11 is 3.49. The van der Waals surface area contributed by atoms with Crippen molar-refractivity contribution in [1.29, 1.82) is 0 Å². The van der Waals surface area contributed by atoms with Crippen molar-refractivity contribution in [2.45, 2.75) is 12.5 Å². The quantitative estimate of drug-likeness (QED) is 0.899. The van der Waals surface area contributed by atoms with Gasteiger partial charge in [0.25, 0.3) is 0 Å². The molecule has 1 aromatic heterocycles. The molecule has 3 N–H and O–H groups in total. The molecular formula is C13H15BrN2O3. The van der Waals surface area contributed by atoms with Crippen LogP contribution in [0.3, 0.4) is 0 Å². The summed E-state index contributed by atoms with van der Waals surface area (Å²) in [6.07, 6.45) is 0.277. The average Bonchev–Trinajstić information content (AvgIpc) is 2.63. The van der Waals surface area contributed by atoms with Gasteiger partial charge >= 0.3 is 5.97 Å². The van der Waals surface area contributed by atoms with Crippen LogP contribution in [0.25, 0.3) is 10.9 Å². The third-order valence-electron chi connectivity index (χ3n) is 3.18. The van der Waals surface area contributed by atoms with Crippen LogP contribution < -0.4 is 10.5 Å². The summed E-state index contributed by atoms with van der Waals surface area (Å²) in [5.41, 5.74) is 7.49. The molecule has 0 aliphatic carbocycles. The van der Waals surface area contributed by atoms with E-state index in [2.05, 4.69) is 15.9 Å². The highest BCUT2D eigenvalue weighted by molar-refractivity contribution is 9.10. The number of carboxylic acid groups (broad SMARTS) is 1. The number of fused-ring (bicyclic) bond motifs is 1. The first-order valence-corrected chi connectivity index (χ1v) is 6.54. The minimum atomic E-state index is -1.00. The van der Waals surface area contributed by atoms with Crippen molar-refractivity contribution < 1.29 is 14.6 Å². The van der Waals surface area contributed by atoms with E-state index in [1.807, 2.05) is 29.8 Å². The molecule has 2 aromatic rings. The third-order valence-corrected chi connectivity index (χ3v) is 4.19. The predicted octanol–water partition coefficient (Wildman–Crippen LogP) is 1.90. The number of methoxy groups -OCH3 is 1. The van der Waals surface area contributed by atoms with E-state index in [1.165, 1.54) is 0 Å². The molecule has 2 rings (SSSR count). The fourth-order valence-corrected chi connectivity index (χ4v) is 2.66. The lowest BCUT2D eigenvalue weighted by Gasteiger charge is -2.06. The first kappa shape index (κ1) is 13.9. The van der Waals surface area contributed by atoms with Gasteiger partial charge in [-0.05, 0) is 33.6 Å². The number of hydrogen-bond donors (Lipinski definition) is 2. The van der Waals surface area contributed by atoms with Gasteiger partial charge in [0.15, 0.2) is 0 Å². The highest BCUT2D eigenvalue weighted by Crippen LogP contribution is 2.32. The Morgan fingerprint density at radius 1 is 1.58 bits per heavy atom. The second kappa shape index (κ2) is 5.22. The minimum Gasteiger partial charge on any atom is -0.497 e. The molecule has 1 heterocycles. The molecule has 0 saturated carbocycles. The van der Waals surface area contributed by atoms with E-state index in [0.29, 0.717) is 0 Å². The molecule has 0 aliphatic rings. The van der Waals surface area contributed by atoms with Gasteiger partial charge in [-0.2, -0.15) is 0 Å². The number of aryl methyl sites for hydroxylation is 1. The fraction of sp³-hybridized carbons (Fsp3) is 0.308. The van der Waals surface area contributed by atoms with E-state index in [-0.39, 0.29) is 6.42 Å². The molecule has 1 unspecified atom stereocenters. The summed E-state index contributed by atoms with van der Waals surface area (Å²) < 4.78 is 7.98. The van der Waals surface area contributed by atoms with Crippen molar-refractivity contribution >= 4 is 32.8 Å². The average molecular weight is 327 g/mol. The topological polar surface area (TPSA) is 77.5 Å². The van der Waals surface area contributed by atoms with E-state index >= 15 is 0 Å². The Labute approximate surface area is 119 Å². The second-order valence-electron chi connectivity index (χ2n) is 4.36. The van der Waals surface area contributed by atoms with Gasteiger partial charge in [0.05, 0.1) is 17.2 Å². The summed E-state index contributed by atoms with van der Waals surface area (Å²) in [4.78, 5) is 10.9. The largest absolute Gasteiger partial charge is 0.497 e. The molecule has 0 spiro atoms. The van der Waals surface area contributed by atoms with Crippen LogP contribution in [0.5, 0.6) is 5.75 Å². The molecule has 0 radical (unpaired) electrons. The van der Waals surface area contributed by atoms with Gasteiger partial charge in [0, 0.05) is 24.9 Å². The smallest absolute Gasteiger partial charge is 0.320 e. The maximum atomic E-state index is 10.9. The highest BCUT2D eigenvalue weighted by atomic mass is 79.9. The van der Waals surface area contributed by atoms with Crippen LogP contribution in [0.1, 0.15) is 5.56 Å². The maximum Gasteiger partial charge on any atom is 0.320 e.